The molecule has 0 spiro atoms. The van der Waals surface area contributed by atoms with Gasteiger partial charge in [0.1, 0.15) is 0 Å². The number of nitrogens with zero attached hydrogens (tertiary/aromatic N) is 1. The highest BCUT2D eigenvalue weighted by atomic mass is 16.2. The lowest BCUT2D eigenvalue weighted by atomic mass is 9.87. The lowest BCUT2D eigenvalue weighted by Crippen LogP contribution is -2.31. The Morgan fingerprint density at radius 1 is 1.24 bits per heavy atom. The van der Waals surface area contributed by atoms with Crippen molar-refractivity contribution in [2.45, 2.75) is 51.0 Å². The zero-order valence-corrected chi connectivity index (χ0v) is 13.1. The number of nitrogens with two attached hydrogens (primary N) is 1. The van der Waals surface area contributed by atoms with E-state index in [1.54, 1.807) is 0 Å². The highest BCUT2D eigenvalue weighted by molar-refractivity contribution is 5.76. The van der Waals surface area contributed by atoms with Gasteiger partial charge in [0.15, 0.2) is 0 Å². The van der Waals surface area contributed by atoms with Gasteiger partial charge in [0, 0.05) is 26.1 Å². The number of rotatable bonds is 6. The maximum Gasteiger partial charge on any atom is 0.224 e. The molecule has 3 heteroatoms. The number of hydrogen-bond acceptors (Lipinski definition) is 2. The van der Waals surface area contributed by atoms with Crippen molar-refractivity contribution in [1.29, 1.82) is 0 Å². The zero-order chi connectivity index (χ0) is 15.1. The second-order valence-electron chi connectivity index (χ2n) is 6.33. The van der Waals surface area contributed by atoms with Gasteiger partial charge in [-0.25, -0.2) is 0 Å². The topological polar surface area (TPSA) is 46.3 Å². The van der Waals surface area contributed by atoms with E-state index in [2.05, 4.69) is 0 Å². The summed E-state index contributed by atoms with van der Waals surface area (Å²) in [6, 6.07) is 9.67. The normalized spacial score (nSPS) is 17.4. The van der Waals surface area contributed by atoms with E-state index in [1.165, 1.54) is 32.1 Å². The summed E-state index contributed by atoms with van der Waals surface area (Å²) in [7, 11) is 1.91. The summed E-state index contributed by atoms with van der Waals surface area (Å²) in [6.45, 7) is 0.866. The summed E-state index contributed by atoms with van der Waals surface area (Å²) < 4.78 is 0. The minimum atomic E-state index is -0.198. The molecular weight excluding hydrogens is 260 g/mol. The van der Waals surface area contributed by atoms with Crippen molar-refractivity contribution in [1.82, 2.24) is 4.90 Å². The van der Waals surface area contributed by atoms with Gasteiger partial charge in [-0.2, -0.15) is 0 Å². The van der Waals surface area contributed by atoms with Crippen LogP contribution in [0.3, 0.4) is 0 Å². The molecule has 1 aromatic carbocycles. The van der Waals surface area contributed by atoms with Crippen LogP contribution < -0.4 is 5.73 Å². The van der Waals surface area contributed by atoms with Crippen LogP contribution in [0.1, 0.15) is 56.6 Å². The minimum absolute atomic E-state index is 0.155. The van der Waals surface area contributed by atoms with Gasteiger partial charge in [-0.15, -0.1) is 0 Å². The van der Waals surface area contributed by atoms with Crippen LogP contribution in [0.4, 0.5) is 0 Å². The molecule has 116 valence electrons. The van der Waals surface area contributed by atoms with Crippen molar-refractivity contribution in [2.24, 2.45) is 11.7 Å². The van der Waals surface area contributed by atoms with Crippen molar-refractivity contribution >= 4 is 5.91 Å². The molecule has 2 rings (SSSR count). The van der Waals surface area contributed by atoms with Gasteiger partial charge in [-0.3, -0.25) is 4.79 Å². The van der Waals surface area contributed by atoms with Crippen molar-refractivity contribution in [3.05, 3.63) is 35.9 Å². The molecule has 3 nitrogen and oxygen atoms in total. The second-order valence-corrected chi connectivity index (χ2v) is 6.33. The summed E-state index contributed by atoms with van der Waals surface area (Å²) in [5.41, 5.74) is 7.16. The predicted molar refractivity (Wildman–Crippen MR) is 86.8 cm³/mol. The number of amides is 1. The van der Waals surface area contributed by atoms with E-state index in [0.29, 0.717) is 6.42 Å². The number of carbonyl (C=O) groups is 1. The summed E-state index contributed by atoms with van der Waals surface area (Å²) >= 11 is 0. The first-order chi connectivity index (χ1) is 10.2. The van der Waals surface area contributed by atoms with Crippen LogP contribution in [0.5, 0.6) is 0 Å². The Morgan fingerprint density at radius 2 is 1.90 bits per heavy atom. The predicted octanol–water partition coefficient (Wildman–Crippen LogP) is 3.51. The molecule has 0 bridgehead atoms. The third-order valence-electron chi connectivity index (χ3n) is 4.65. The van der Waals surface area contributed by atoms with Crippen molar-refractivity contribution in [2.75, 3.05) is 13.6 Å². The van der Waals surface area contributed by atoms with Crippen LogP contribution in [-0.2, 0) is 4.79 Å². The Kier molecular flexibility index (Phi) is 6.24. The van der Waals surface area contributed by atoms with Crippen LogP contribution in [-0.4, -0.2) is 24.4 Å². The molecule has 0 heterocycles. The van der Waals surface area contributed by atoms with Gasteiger partial charge in [0.25, 0.3) is 0 Å². The highest BCUT2D eigenvalue weighted by Gasteiger charge is 2.18. The van der Waals surface area contributed by atoms with Crippen LogP contribution >= 0.6 is 0 Å². The Labute approximate surface area is 128 Å². The molecule has 1 saturated carbocycles. The third kappa shape index (κ3) is 5.16. The molecule has 1 aliphatic carbocycles. The standard InChI is InChI=1S/C18H28N2O/c1-20(13-12-15-8-4-2-5-9-15)18(21)14-17(19)16-10-6-3-7-11-16/h3,6-7,10-11,15,17H,2,4-5,8-9,12-14,19H2,1H3. The van der Waals surface area contributed by atoms with Gasteiger partial charge in [-0.05, 0) is 17.9 Å². The molecule has 1 atom stereocenters. The second kappa shape index (κ2) is 8.18. The lowest BCUT2D eigenvalue weighted by Gasteiger charge is -2.25. The van der Waals surface area contributed by atoms with E-state index in [9.17, 15) is 4.79 Å². The van der Waals surface area contributed by atoms with Crippen molar-refractivity contribution in [3.8, 4) is 0 Å². The fourth-order valence-corrected chi connectivity index (χ4v) is 3.14. The maximum absolute atomic E-state index is 12.2. The monoisotopic (exact) mass is 288 g/mol. The zero-order valence-electron chi connectivity index (χ0n) is 13.1. The molecule has 0 aromatic heterocycles. The van der Waals surface area contributed by atoms with E-state index in [4.69, 9.17) is 5.73 Å². The highest BCUT2D eigenvalue weighted by Crippen LogP contribution is 2.26. The molecule has 21 heavy (non-hydrogen) atoms. The number of benzene rings is 1. The van der Waals surface area contributed by atoms with Crippen LogP contribution in [0, 0.1) is 5.92 Å². The number of carbonyl (C=O) groups excluding carboxylic acids is 1. The Morgan fingerprint density at radius 3 is 2.57 bits per heavy atom. The molecular formula is C18H28N2O. The van der Waals surface area contributed by atoms with Gasteiger partial charge in [0.2, 0.25) is 5.91 Å². The molecule has 1 unspecified atom stereocenters. The van der Waals surface area contributed by atoms with Crippen LogP contribution in [0.15, 0.2) is 30.3 Å². The first-order valence-corrected chi connectivity index (χ1v) is 8.21. The SMILES string of the molecule is CN(CCC1CCCCC1)C(=O)CC(N)c1ccccc1. The lowest BCUT2D eigenvalue weighted by molar-refractivity contribution is -0.130. The molecule has 1 fully saturated rings. The van der Waals surface area contributed by atoms with Crippen molar-refractivity contribution < 1.29 is 4.79 Å². The van der Waals surface area contributed by atoms with E-state index in [-0.39, 0.29) is 11.9 Å². The molecule has 1 amide bonds. The third-order valence-corrected chi connectivity index (χ3v) is 4.65. The Balaban J connectivity index is 1.74. The smallest absolute Gasteiger partial charge is 0.224 e. The van der Waals surface area contributed by atoms with E-state index in [1.807, 2.05) is 42.3 Å². The molecule has 0 aliphatic heterocycles. The van der Waals surface area contributed by atoms with Gasteiger partial charge in [-0.1, -0.05) is 62.4 Å². The van der Waals surface area contributed by atoms with Gasteiger partial charge < -0.3 is 10.6 Å². The summed E-state index contributed by atoms with van der Waals surface area (Å²) in [5, 5.41) is 0. The first-order valence-electron chi connectivity index (χ1n) is 8.21. The van der Waals surface area contributed by atoms with Crippen LogP contribution in [0.25, 0.3) is 0 Å². The van der Waals surface area contributed by atoms with Crippen LogP contribution in [0.2, 0.25) is 0 Å². The molecule has 1 aliphatic rings. The first kappa shape index (κ1) is 16.0. The van der Waals surface area contributed by atoms with E-state index in [0.717, 1.165) is 24.4 Å². The molecule has 0 radical (unpaired) electrons. The van der Waals surface area contributed by atoms with Crippen molar-refractivity contribution in [3.63, 3.8) is 0 Å². The van der Waals surface area contributed by atoms with E-state index < -0.39 is 0 Å². The average molecular weight is 288 g/mol. The molecule has 1 aromatic rings. The quantitative estimate of drug-likeness (QED) is 0.870. The molecule has 0 saturated heterocycles. The van der Waals surface area contributed by atoms with Gasteiger partial charge >= 0.3 is 0 Å². The van der Waals surface area contributed by atoms with E-state index >= 15 is 0 Å². The largest absolute Gasteiger partial charge is 0.346 e. The fourth-order valence-electron chi connectivity index (χ4n) is 3.14. The van der Waals surface area contributed by atoms with Gasteiger partial charge in [0.05, 0.1) is 0 Å². The maximum atomic E-state index is 12.2. The minimum Gasteiger partial charge on any atom is -0.346 e. The summed E-state index contributed by atoms with van der Waals surface area (Å²) in [5.74, 6) is 0.971. The Hall–Kier alpha value is -1.35. The average Bonchev–Trinajstić information content (AvgIpc) is 2.54. The Bertz CT molecular complexity index is 426. The number of hydrogen-bond donors (Lipinski definition) is 1. The summed E-state index contributed by atoms with van der Waals surface area (Å²) in [6.07, 6.45) is 8.32. The fraction of sp³-hybridized carbons (Fsp3) is 0.611. The molecule has 2 N–H and O–H groups in total. The summed E-state index contributed by atoms with van der Waals surface area (Å²) in [4.78, 5) is 14.1.